The Balaban J connectivity index is 1.78. The van der Waals surface area contributed by atoms with Crippen molar-refractivity contribution in [1.82, 2.24) is 9.80 Å². The number of para-hydroxylation sites is 1. The van der Waals surface area contributed by atoms with Crippen LogP contribution in [0.3, 0.4) is 0 Å². The number of rotatable bonds is 7. The lowest BCUT2D eigenvalue weighted by molar-refractivity contribution is 0.0720. The van der Waals surface area contributed by atoms with Crippen LogP contribution in [0.2, 0.25) is 0 Å². The molecule has 5 nitrogen and oxygen atoms in total. The molecule has 0 bridgehead atoms. The molecule has 0 unspecified atom stereocenters. The molecule has 5 heteroatoms. The van der Waals surface area contributed by atoms with Gasteiger partial charge in [0.2, 0.25) is 5.76 Å². The third-order valence-corrected chi connectivity index (χ3v) is 6.73. The fourth-order valence-electron chi connectivity index (χ4n) is 4.71. The number of benzene rings is 2. The predicted molar refractivity (Wildman–Crippen MR) is 133 cm³/mol. The number of nitrogens with zero attached hydrogens (tertiary/aromatic N) is 2. The summed E-state index contributed by atoms with van der Waals surface area (Å²) in [4.78, 5) is 31.2. The van der Waals surface area contributed by atoms with Crippen LogP contribution in [0.1, 0.15) is 74.3 Å². The Morgan fingerprint density at radius 2 is 1.64 bits per heavy atom. The molecule has 1 aliphatic heterocycles. The third-order valence-electron chi connectivity index (χ3n) is 6.73. The van der Waals surface area contributed by atoms with Gasteiger partial charge in [-0.15, -0.1) is 0 Å². The highest BCUT2D eigenvalue weighted by Crippen LogP contribution is 2.38. The molecule has 0 radical (unpaired) electrons. The van der Waals surface area contributed by atoms with Crippen molar-refractivity contribution in [3.63, 3.8) is 0 Å². The molecule has 0 N–H and O–H groups in total. The van der Waals surface area contributed by atoms with Crippen molar-refractivity contribution < 1.29 is 9.21 Å². The summed E-state index contributed by atoms with van der Waals surface area (Å²) in [5.74, 6) is -0.0104. The van der Waals surface area contributed by atoms with Crippen molar-refractivity contribution >= 4 is 16.9 Å². The van der Waals surface area contributed by atoms with E-state index in [9.17, 15) is 9.59 Å². The second-order valence-electron chi connectivity index (χ2n) is 9.82. The smallest absolute Gasteiger partial charge is 0.290 e. The Morgan fingerprint density at radius 1 is 0.970 bits per heavy atom. The molecular weight excluding hydrogens is 412 g/mol. The lowest BCUT2D eigenvalue weighted by Gasteiger charge is -2.27. The largest absolute Gasteiger partial charge is 0.450 e. The van der Waals surface area contributed by atoms with Gasteiger partial charge in [-0.2, -0.15) is 0 Å². The molecule has 4 rings (SSSR count). The number of fused-ring (bicyclic) bond motifs is 2. The zero-order valence-corrected chi connectivity index (χ0v) is 20.4. The highest BCUT2D eigenvalue weighted by Gasteiger charge is 2.42. The maximum Gasteiger partial charge on any atom is 0.290 e. The summed E-state index contributed by atoms with van der Waals surface area (Å²) in [6, 6.07) is 15.1. The number of carbonyl (C=O) groups excluding carboxylic acids is 1. The maximum atomic E-state index is 13.5. The van der Waals surface area contributed by atoms with Gasteiger partial charge in [-0.25, -0.2) is 0 Å². The Bertz CT molecular complexity index is 1200. The molecule has 0 spiro atoms. The highest BCUT2D eigenvalue weighted by atomic mass is 16.3. The molecular formula is C28H34N2O3. The van der Waals surface area contributed by atoms with Crippen LogP contribution >= 0.6 is 0 Å². The summed E-state index contributed by atoms with van der Waals surface area (Å²) in [6.45, 7) is 14.3. The van der Waals surface area contributed by atoms with Crippen molar-refractivity contribution in [2.45, 2.75) is 52.5 Å². The zero-order chi connectivity index (χ0) is 23.8. The minimum Gasteiger partial charge on any atom is -0.450 e. The van der Waals surface area contributed by atoms with Crippen LogP contribution in [0, 0.1) is 0 Å². The Kier molecular flexibility index (Phi) is 6.44. The van der Waals surface area contributed by atoms with Gasteiger partial charge in [0.1, 0.15) is 5.58 Å². The Hall–Kier alpha value is -2.92. The van der Waals surface area contributed by atoms with Gasteiger partial charge in [-0.3, -0.25) is 9.59 Å². The van der Waals surface area contributed by atoms with Gasteiger partial charge in [0.05, 0.1) is 17.0 Å². The van der Waals surface area contributed by atoms with E-state index in [1.54, 1.807) is 12.1 Å². The van der Waals surface area contributed by atoms with Crippen LogP contribution in [0.25, 0.3) is 11.0 Å². The first kappa shape index (κ1) is 23.2. The van der Waals surface area contributed by atoms with Gasteiger partial charge < -0.3 is 14.2 Å². The van der Waals surface area contributed by atoms with Crippen molar-refractivity contribution in [3.05, 3.63) is 81.2 Å². The van der Waals surface area contributed by atoms with E-state index in [4.69, 9.17) is 4.42 Å². The monoisotopic (exact) mass is 446 g/mol. The molecule has 33 heavy (non-hydrogen) atoms. The maximum absolute atomic E-state index is 13.5. The molecule has 0 aliphatic carbocycles. The summed E-state index contributed by atoms with van der Waals surface area (Å²) in [6.07, 6.45) is 0.839. The van der Waals surface area contributed by atoms with Gasteiger partial charge in [-0.05, 0) is 54.7 Å². The van der Waals surface area contributed by atoms with E-state index in [0.29, 0.717) is 23.1 Å². The number of hydrogen-bond donors (Lipinski definition) is 0. The standard InChI is InChI=1S/C28H34N2O3/c1-6-29(7-2)17-10-18-30-24(19-13-15-20(16-14-19)28(3,4)5)23-25(31)21-11-8-9-12-22(21)33-26(23)27(30)32/h8-9,11-16,24H,6-7,10,17-18H2,1-5H3/t24-/m0/s1. The lowest BCUT2D eigenvalue weighted by Crippen LogP contribution is -2.33. The van der Waals surface area contributed by atoms with Gasteiger partial charge in [-0.1, -0.05) is 71.0 Å². The topological polar surface area (TPSA) is 53.8 Å². The molecule has 0 saturated heterocycles. The van der Waals surface area contributed by atoms with Crippen LogP contribution in [0.4, 0.5) is 0 Å². The van der Waals surface area contributed by atoms with Crippen LogP contribution in [0.15, 0.2) is 57.7 Å². The summed E-state index contributed by atoms with van der Waals surface area (Å²) in [7, 11) is 0. The predicted octanol–water partition coefficient (Wildman–Crippen LogP) is 5.37. The molecule has 174 valence electrons. The SMILES string of the molecule is CCN(CC)CCCN1C(=O)c2oc3ccccc3c(=O)c2[C@@H]1c1ccc(C(C)(C)C)cc1. The molecule has 1 amide bonds. The van der Waals surface area contributed by atoms with Crippen molar-refractivity contribution in [3.8, 4) is 0 Å². The molecule has 1 aliphatic rings. The quantitative estimate of drug-likeness (QED) is 0.490. The van der Waals surface area contributed by atoms with Gasteiger partial charge in [0, 0.05) is 6.54 Å². The molecule has 2 heterocycles. The number of carbonyl (C=O) groups is 1. The van der Waals surface area contributed by atoms with E-state index in [-0.39, 0.29) is 22.5 Å². The van der Waals surface area contributed by atoms with Gasteiger partial charge in [0.25, 0.3) is 5.91 Å². The van der Waals surface area contributed by atoms with E-state index in [0.717, 1.165) is 31.6 Å². The Labute approximate surface area is 196 Å². The highest BCUT2D eigenvalue weighted by molar-refractivity contribution is 5.99. The zero-order valence-electron chi connectivity index (χ0n) is 20.4. The van der Waals surface area contributed by atoms with Crippen molar-refractivity contribution in [2.75, 3.05) is 26.2 Å². The summed E-state index contributed by atoms with van der Waals surface area (Å²) in [5.41, 5.74) is 3.00. The molecule has 0 saturated carbocycles. The van der Waals surface area contributed by atoms with E-state index < -0.39 is 6.04 Å². The average molecular weight is 447 g/mol. The lowest BCUT2D eigenvalue weighted by atomic mass is 9.86. The summed E-state index contributed by atoms with van der Waals surface area (Å²) in [5, 5.41) is 0.519. The van der Waals surface area contributed by atoms with Crippen LogP contribution in [0.5, 0.6) is 0 Å². The first-order chi connectivity index (χ1) is 15.8. The van der Waals surface area contributed by atoms with E-state index >= 15 is 0 Å². The molecule has 0 fully saturated rings. The van der Waals surface area contributed by atoms with E-state index in [1.807, 2.05) is 17.0 Å². The first-order valence-corrected chi connectivity index (χ1v) is 12.0. The van der Waals surface area contributed by atoms with Crippen LogP contribution < -0.4 is 5.43 Å². The van der Waals surface area contributed by atoms with Gasteiger partial charge in [0.15, 0.2) is 5.43 Å². The second-order valence-corrected chi connectivity index (χ2v) is 9.82. The van der Waals surface area contributed by atoms with Crippen molar-refractivity contribution in [1.29, 1.82) is 0 Å². The minimum atomic E-state index is -0.431. The molecule has 1 aromatic heterocycles. The fraction of sp³-hybridized carbons (Fsp3) is 0.429. The van der Waals surface area contributed by atoms with E-state index in [2.05, 4.69) is 63.8 Å². The first-order valence-electron chi connectivity index (χ1n) is 12.0. The molecule has 1 atom stereocenters. The van der Waals surface area contributed by atoms with E-state index in [1.165, 1.54) is 5.56 Å². The van der Waals surface area contributed by atoms with Gasteiger partial charge >= 0.3 is 0 Å². The Morgan fingerprint density at radius 3 is 2.27 bits per heavy atom. The minimum absolute atomic E-state index is 0.0284. The molecule has 3 aromatic rings. The number of hydrogen-bond acceptors (Lipinski definition) is 4. The van der Waals surface area contributed by atoms with Crippen molar-refractivity contribution in [2.24, 2.45) is 0 Å². The summed E-state index contributed by atoms with van der Waals surface area (Å²) < 4.78 is 6.03. The van der Waals surface area contributed by atoms with Crippen LogP contribution in [-0.4, -0.2) is 41.9 Å². The average Bonchev–Trinajstić information content (AvgIpc) is 3.08. The number of amides is 1. The molecule has 2 aromatic carbocycles. The second kappa shape index (κ2) is 9.14. The normalized spacial score (nSPS) is 16.1. The van der Waals surface area contributed by atoms with Crippen LogP contribution in [-0.2, 0) is 5.41 Å². The summed E-state index contributed by atoms with van der Waals surface area (Å²) >= 11 is 0. The third kappa shape index (κ3) is 4.34. The fourth-order valence-corrected chi connectivity index (χ4v) is 4.71.